The molecule has 0 amide bonds. The Morgan fingerprint density at radius 3 is 2.69 bits per heavy atom. The predicted molar refractivity (Wildman–Crippen MR) is 69.2 cm³/mol. The molecule has 0 saturated heterocycles. The summed E-state index contributed by atoms with van der Waals surface area (Å²) in [5.74, 6) is 0. The molecule has 0 saturated carbocycles. The lowest BCUT2D eigenvalue weighted by atomic mass is 10.4. The van der Waals surface area contributed by atoms with Crippen LogP contribution in [0.4, 0.5) is 0 Å². The molecule has 68 valence electrons. The topological polar surface area (TPSA) is 0 Å². The monoisotopic (exact) mass is 302 g/mol. The minimum Gasteiger partial charge on any atom is -0.103 e. The maximum absolute atomic E-state index is 3.68. The number of thioether (sulfide) groups is 1. The van der Waals surface area contributed by atoms with Crippen LogP contribution in [-0.4, -0.2) is 0 Å². The minimum atomic E-state index is 0.943. The molecule has 0 spiro atoms. The summed E-state index contributed by atoms with van der Waals surface area (Å²) in [6.45, 7) is 3.68. The normalized spacial score (nSPS) is 11.3. The van der Waals surface area contributed by atoms with Gasteiger partial charge in [0.25, 0.3) is 0 Å². The molecule has 1 aromatic rings. The summed E-state index contributed by atoms with van der Waals surface area (Å²) in [7, 11) is 0. The highest BCUT2D eigenvalue weighted by Crippen LogP contribution is 2.31. The van der Waals surface area contributed by atoms with E-state index in [2.05, 4.69) is 59.5 Å². The van der Waals surface area contributed by atoms with E-state index in [0.29, 0.717) is 0 Å². The van der Waals surface area contributed by atoms with Crippen LogP contribution < -0.4 is 0 Å². The fraction of sp³-hybridized carbons (Fsp3) is 0.0909. The van der Waals surface area contributed by atoms with E-state index in [0.717, 1.165) is 6.42 Å². The number of halogens is 1. The second-order valence-corrected chi connectivity index (χ2v) is 5.46. The van der Waals surface area contributed by atoms with E-state index in [1.165, 1.54) is 7.81 Å². The number of hydrogen-bond acceptors (Lipinski definition) is 1. The average molecular weight is 302 g/mol. The molecule has 0 unspecified atom stereocenters. The van der Waals surface area contributed by atoms with Gasteiger partial charge < -0.3 is 0 Å². The molecule has 0 N–H and O–H groups in total. The smallest absolute Gasteiger partial charge is 0.0469 e. The maximum Gasteiger partial charge on any atom is 0.0469 e. The summed E-state index contributed by atoms with van der Waals surface area (Å²) in [5, 5.41) is 0. The van der Waals surface area contributed by atoms with Gasteiger partial charge in [-0.25, -0.2) is 0 Å². The van der Waals surface area contributed by atoms with Crippen molar-refractivity contribution < 1.29 is 0 Å². The first-order valence-corrected chi connectivity index (χ1v) is 5.92. The summed E-state index contributed by atoms with van der Waals surface area (Å²) >= 11 is 4.13. The van der Waals surface area contributed by atoms with Gasteiger partial charge in [0, 0.05) is 7.81 Å². The van der Waals surface area contributed by atoms with E-state index in [9.17, 15) is 0 Å². The molecule has 2 heteroatoms. The summed E-state index contributed by atoms with van der Waals surface area (Å²) in [6.07, 6.45) is 5.02. The Morgan fingerprint density at radius 1 is 1.38 bits per heavy atom. The van der Waals surface area contributed by atoms with E-state index in [-0.39, 0.29) is 0 Å². The van der Waals surface area contributed by atoms with E-state index >= 15 is 0 Å². The first kappa shape index (κ1) is 10.9. The fourth-order valence-corrected chi connectivity index (χ4v) is 2.53. The molecule has 0 aliphatic carbocycles. The van der Waals surface area contributed by atoms with Crippen LogP contribution in [0.15, 0.2) is 56.9 Å². The SMILES string of the molecule is C=CC/C=C(\I)Sc1ccccc1. The molecule has 0 radical (unpaired) electrons. The summed E-state index contributed by atoms with van der Waals surface area (Å²) in [5.41, 5.74) is 0. The molecule has 0 bridgehead atoms. The van der Waals surface area contributed by atoms with Crippen LogP contribution in [0, 0.1) is 0 Å². The lowest BCUT2D eigenvalue weighted by Crippen LogP contribution is -1.68. The van der Waals surface area contributed by atoms with Gasteiger partial charge in [-0.05, 0) is 41.1 Å². The van der Waals surface area contributed by atoms with Crippen molar-refractivity contribution in [1.29, 1.82) is 0 Å². The van der Waals surface area contributed by atoms with E-state index in [4.69, 9.17) is 0 Å². The zero-order valence-corrected chi connectivity index (χ0v) is 10.2. The second kappa shape index (κ2) is 6.27. The molecule has 0 aliphatic heterocycles. The third-order valence-corrected chi connectivity index (χ3v) is 3.37. The molecule has 0 nitrogen and oxygen atoms in total. The first-order chi connectivity index (χ1) is 6.33. The van der Waals surface area contributed by atoms with Crippen LogP contribution in [0.25, 0.3) is 0 Å². The molecule has 13 heavy (non-hydrogen) atoms. The summed E-state index contributed by atoms with van der Waals surface area (Å²) < 4.78 is 1.30. The van der Waals surface area contributed by atoms with Gasteiger partial charge in [-0.2, -0.15) is 0 Å². The van der Waals surface area contributed by atoms with Crippen molar-refractivity contribution in [3.8, 4) is 0 Å². The summed E-state index contributed by atoms with van der Waals surface area (Å²) in [6, 6.07) is 10.4. The zero-order valence-electron chi connectivity index (χ0n) is 7.24. The molecule has 1 aromatic carbocycles. The number of benzene rings is 1. The van der Waals surface area contributed by atoms with Crippen molar-refractivity contribution in [1.82, 2.24) is 0 Å². The van der Waals surface area contributed by atoms with Gasteiger partial charge >= 0.3 is 0 Å². The average Bonchev–Trinajstić information content (AvgIpc) is 2.16. The van der Waals surface area contributed by atoms with Gasteiger partial charge in [0.1, 0.15) is 0 Å². The van der Waals surface area contributed by atoms with Crippen molar-refractivity contribution >= 4 is 34.4 Å². The maximum atomic E-state index is 3.68. The van der Waals surface area contributed by atoms with Crippen LogP contribution in [-0.2, 0) is 0 Å². The van der Waals surface area contributed by atoms with Gasteiger partial charge in [0.05, 0.1) is 0 Å². The van der Waals surface area contributed by atoms with Crippen molar-refractivity contribution in [2.24, 2.45) is 0 Å². The Morgan fingerprint density at radius 2 is 2.08 bits per heavy atom. The van der Waals surface area contributed by atoms with Gasteiger partial charge in [-0.15, -0.1) is 6.58 Å². The number of hydrogen-bond donors (Lipinski definition) is 0. The standard InChI is InChI=1S/C11H11IS/c1-2-3-9-11(12)13-10-7-5-4-6-8-10/h2,4-9H,1,3H2/b11-9+. The molecule has 0 aromatic heterocycles. The van der Waals surface area contributed by atoms with Crippen molar-refractivity contribution in [2.75, 3.05) is 0 Å². The highest BCUT2D eigenvalue weighted by Gasteiger charge is 1.94. The molecule has 1 rings (SSSR count). The molecule has 0 atom stereocenters. The number of rotatable bonds is 4. The second-order valence-electron chi connectivity index (χ2n) is 2.45. The summed E-state index contributed by atoms with van der Waals surface area (Å²) in [4.78, 5) is 1.28. The van der Waals surface area contributed by atoms with Crippen LogP contribution in [0.1, 0.15) is 6.42 Å². The van der Waals surface area contributed by atoms with Crippen molar-refractivity contribution in [3.05, 3.63) is 52.0 Å². The Labute approximate surface area is 97.3 Å². The Hall–Kier alpha value is -0.220. The van der Waals surface area contributed by atoms with Crippen LogP contribution in [0.2, 0.25) is 0 Å². The van der Waals surface area contributed by atoms with E-state index in [1.807, 2.05) is 12.1 Å². The van der Waals surface area contributed by atoms with Crippen molar-refractivity contribution in [3.63, 3.8) is 0 Å². The van der Waals surface area contributed by atoms with Gasteiger partial charge in [-0.3, -0.25) is 0 Å². The highest BCUT2D eigenvalue weighted by atomic mass is 127. The van der Waals surface area contributed by atoms with Crippen LogP contribution >= 0.6 is 34.4 Å². The Balaban J connectivity index is 2.54. The zero-order chi connectivity index (χ0) is 9.52. The fourth-order valence-electron chi connectivity index (χ4n) is 0.819. The first-order valence-electron chi connectivity index (χ1n) is 4.02. The Kier molecular flexibility index (Phi) is 5.23. The number of allylic oxidation sites excluding steroid dienone is 2. The molecular weight excluding hydrogens is 291 g/mol. The molecule has 0 heterocycles. The highest BCUT2D eigenvalue weighted by molar-refractivity contribution is 14.1. The third-order valence-electron chi connectivity index (χ3n) is 1.40. The predicted octanol–water partition coefficient (Wildman–Crippen LogP) is 4.63. The van der Waals surface area contributed by atoms with Crippen LogP contribution in [0.3, 0.4) is 0 Å². The Bertz CT molecular complexity index is 290. The minimum absolute atomic E-state index is 0.943. The quantitative estimate of drug-likeness (QED) is 0.444. The lowest BCUT2D eigenvalue weighted by Gasteiger charge is -1.98. The van der Waals surface area contributed by atoms with Crippen molar-refractivity contribution in [2.45, 2.75) is 11.3 Å². The largest absolute Gasteiger partial charge is 0.103 e. The van der Waals surface area contributed by atoms with Gasteiger partial charge in [-0.1, -0.05) is 42.1 Å². The van der Waals surface area contributed by atoms with E-state index in [1.54, 1.807) is 11.8 Å². The molecule has 0 aliphatic rings. The van der Waals surface area contributed by atoms with E-state index < -0.39 is 0 Å². The van der Waals surface area contributed by atoms with Crippen LogP contribution in [0.5, 0.6) is 0 Å². The molecule has 0 fully saturated rings. The van der Waals surface area contributed by atoms with Gasteiger partial charge in [0.2, 0.25) is 0 Å². The van der Waals surface area contributed by atoms with Gasteiger partial charge in [0.15, 0.2) is 0 Å². The molecular formula is C11H11IS. The third kappa shape index (κ3) is 4.52. The lowest BCUT2D eigenvalue weighted by molar-refractivity contribution is 1.41.